The average molecular weight is 368 g/mol. The highest BCUT2D eigenvalue weighted by molar-refractivity contribution is 6.01. The van der Waals surface area contributed by atoms with Crippen LogP contribution in [0.25, 0.3) is 0 Å². The number of Topliss-reactive ketones (excluding diaryl/α,β-unsaturated/α-hetero) is 2. The Labute approximate surface area is 159 Å². The van der Waals surface area contributed by atoms with Gasteiger partial charge in [0.25, 0.3) is 0 Å². The minimum Gasteiger partial charge on any atom is -0.497 e. The first-order chi connectivity index (χ1) is 12.8. The molecule has 2 aromatic carbocycles. The van der Waals surface area contributed by atoms with Gasteiger partial charge in [0.2, 0.25) is 5.78 Å². The van der Waals surface area contributed by atoms with Gasteiger partial charge in [-0.3, -0.25) is 14.4 Å². The topological polar surface area (TPSA) is 69.7 Å². The molecule has 27 heavy (non-hydrogen) atoms. The van der Waals surface area contributed by atoms with Gasteiger partial charge in [0.1, 0.15) is 5.75 Å². The third-order valence-corrected chi connectivity index (χ3v) is 4.30. The average Bonchev–Trinajstić information content (AvgIpc) is 2.67. The largest absolute Gasteiger partial charge is 0.497 e. The fraction of sp³-hybridized carbons (Fsp3) is 0.318. The molecule has 0 spiro atoms. The lowest BCUT2D eigenvalue weighted by Crippen LogP contribution is -2.24. The highest BCUT2D eigenvalue weighted by Crippen LogP contribution is 2.16. The Morgan fingerprint density at radius 2 is 1.63 bits per heavy atom. The zero-order valence-corrected chi connectivity index (χ0v) is 16.1. The summed E-state index contributed by atoms with van der Waals surface area (Å²) in [7, 11) is 1.54. The van der Waals surface area contributed by atoms with Gasteiger partial charge in [0.05, 0.1) is 13.5 Å². The normalized spacial score (nSPS) is 11.6. The number of esters is 1. The maximum Gasteiger partial charge on any atom is 0.306 e. The van der Waals surface area contributed by atoms with Crippen LogP contribution < -0.4 is 4.74 Å². The second-order valence-corrected chi connectivity index (χ2v) is 6.47. The van der Waals surface area contributed by atoms with Crippen molar-refractivity contribution in [3.63, 3.8) is 0 Å². The van der Waals surface area contributed by atoms with E-state index in [0.717, 1.165) is 11.1 Å². The lowest BCUT2D eigenvalue weighted by molar-refractivity contribution is -0.146. The van der Waals surface area contributed by atoms with Crippen molar-refractivity contribution in [3.05, 3.63) is 64.7 Å². The molecule has 2 aromatic rings. The van der Waals surface area contributed by atoms with Crippen molar-refractivity contribution in [2.75, 3.05) is 7.11 Å². The van der Waals surface area contributed by atoms with Crippen molar-refractivity contribution >= 4 is 17.5 Å². The molecule has 0 heterocycles. The minimum absolute atomic E-state index is 0.0482. The van der Waals surface area contributed by atoms with Crippen LogP contribution in [0.2, 0.25) is 0 Å². The summed E-state index contributed by atoms with van der Waals surface area (Å²) in [4.78, 5) is 36.7. The van der Waals surface area contributed by atoms with Crippen LogP contribution in [0.4, 0.5) is 0 Å². The number of rotatable bonds is 8. The van der Waals surface area contributed by atoms with Crippen LogP contribution in [0, 0.1) is 13.8 Å². The Hall–Kier alpha value is -2.95. The molecule has 0 aliphatic rings. The molecule has 0 amide bonds. The van der Waals surface area contributed by atoms with Crippen molar-refractivity contribution in [1.82, 2.24) is 0 Å². The van der Waals surface area contributed by atoms with Gasteiger partial charge < -0.3 is 9.47 Å². The number of hydrogen-bond donors (Lipinski definition) is 0. The fourth-order valence-electron chi connectivity index (χ4n) is 2.69. The van der Waals surface area contributed by atoms with Gasteiger partial charge >= 0.3 is 5.97 Å². The molecule has 2 rings (SSSR count). The first-order valence-corrected chi connectivity index (χ1v) is 8.80. The van der Waals surface area contributed by atoms with E-state index < -0.39 is 12.1 Å². The lowest BCUT2D eigenvalue weighted by atomic mass is 9.99. The molecule has 0 aromatic heterocycles. The van der Waals surface area contributed by atoms with Gasteiger partial charge in [-0.2, -0.15) is 0 Å². The molecule has 0 fully saturated rings. The van der Waals surface area contributed by atoms with E-state index in [1.54, 1.807) is 31.4 Å². The molecule has 5 nitrogen and oxygen atoms in total. The van der Waals surface area contributed by atoms with E-state index in [0.29, 0.717) is 16.9 Å². The predicted octanol–water partition coefficient (Wildman–Crippen LogP) is 4.09. The maximum absolute atomic E-state index is 12.3. The van der Waals surface area contributed by atoms with E-state index >= 15 is 0 Å². The monoisotopic (exact) mass is 368 g/mol. The van der Waals surface area contributed by atoms with Crippen LogP contribution in [0.3, 0.4) is 0 Å². The molecule has 1 atom stereocenters. The summed E-state index contributed by atoms with van der Waals surface area (Å²) in [5.74, 6) is -0.335. The van der Waals surface area contributed by atoms with Crippen LogP contribution in [-0.2, 0) is 9.53 Å². The molecule has 0 aliphatic carbocycles. The van der Waals surface area contributed by atoms with E-state index in [1.807, 2.05) is 32.0 Å². The van der Waals surface area contributed by atoms with Gasteiger partial charge in [-0.05, 0) is 56.7 Å². The molecule has 142 valence electrons. The Kier molecular flexibility index (Phi) is 6.88. The summed E-state index contributed by atoms with van der Waals surface area (Å²) < 4.78 is 10.2. The van der Waals surface area contributed by atoms with Crippen LogP contribution in [-0.4, -0.2) is 30.7 Å². The van der Waals surface area contributed by atoms with Gasteiger partial charge in [-0.25, -0.2) is 0 Å². The van der Waals surface area contributed by atoms with Gasteiger partial charge in [-0.15, -0.1) is 0 Å². The van der Waals surface area contributed by atoms with E-state index in [4.69, 9.17) is 9.47 Å². The number of methoxy groups -OCH3 is 1. The molecule has 0 saturated carbocycles. The Balaban J connectivity index is 1.89. The van der Waals surface area contributed by atoms with Crippen LogP contribution in [0.5, 0.6) is 5.75 Å². The van der Waals surface area contributed by atoms with E-state index in [1.165, 1.54) is 6.92 Å². The summed E-state index contributed by atoms with van der Waals surface area (Å²) in [6.07, 6.45) is -0.930. The molecule has 0 radical (unpaired) electrons. The number of carbonyl (C=O) groups excluding carboxylic acids is 3. The first-order valence-electron chi connectivity index (χ1n) is 8.80. The highest BCUT2D eigenvalue weighted by atomic mass is 16.5. The molecule has 0 bridgehead atoms. The van der Waals surface area contributed by atoms with E-state index in [2.05, 4.69) is 0 Å². The van der Waals surface area contributed by atoms with E-state index in [9.17, 15) is 14.4 Å². The molecule has 0 aliphatic heterocycles. The highest BCUT2D eigenvalue weighted by Gasteiger charge is 2.20. The number of benzene rings is 2. The summed E-state index contributed by atoms with van der Waals surface area (Å²) in [5, 5.41) is 0. The zero-order chi connectivity index (χ0) is 20.0. The van der Waals surface area contributed by atoms with E-state index in [-0.39, 0.29) is 24.4 Å². The first kappa shape index (κ1) is 20.4. The van der Waals surface area contributed by atoms with Crippen molar-refractivity contribution in [2.45, 2.75) is 39.7 Å². The van der Waals surface area contributed by atoms with Gasteiger partial charge in [-0.1, -0.05) is 17.7 Å². The van der Waals surface area contributed by atoms with Crippen molar-refractivity contribution in [3.8, 4) is 5.75 Å². The van der Waals surface area contributed by atoms with Crippen LogP contribution in [0.1, 0.15) is 51.6 Å². The second-order valence-electron chi connectivity index (χ2n) is 6.47. The summed E-state index contributed by atoms with van der Waals surface area (Å²) >= 11 is 0. The Morgan fingerprint density at radius 3 is 2.26 bits per heavy atom. The lowest BCUT2D eigenvalue weighted by Gasteiger charge is -2.13. The predicted molar refractivity (Wildman–Crippen MR) is 102 cm³/mol. The molecule has 0 unspecified atom stereocenters. The third-order valence-electron chi connectivity index (χ3n) is 4.30. The smallest absolute Gasteiger partial charge is 0.306 e. The molecule has 0 N–H and O–H groups in total. The number of ketones is 2. The molecule has 5 heteroatoms. The van der Waals surface area contributed by atoms with Crippen molar-refractivity contribution < 1.29 is 23.9 Å². The number of hydrogen-bond acceptors (Lipinski definition) is 5. The summed E-state index contributed by atoms with van der Waals surface area (Å²) in [6.45, 7) is 5.30. The van der Waals surface area contributed by atoms with Gasteiger partial charge in [0, 0.05) is 17.5 Å². The Morgan fingerprint density at radius 1 is 0.963 bits per heavy atom. The van der Waals surface area contributed by atoms with Gasteiger partial charge in [0.15, 0.2) is 11.9 Å². The second kappa shape index (κ2) is 9.12. The number of aryl methyl sites for hydroxylation is 2. The molecular formula is C22H24O5. The molecule has 0 saturated heterocycles. The quantitative estimate of drug-likeness (QED) is 0.518. The Bertz CT molecular complexity index is 836. The minimum atomic E-state index is -0.915. The van der Waals surface area contributed by atoms with Crippen LogP contribution >= 0.6 is 0 Å². The maximum atomic E-state index is 12.3. The SMILES string of the molecule is COc1ccc(C(=O)[C@H](C)OC(=O)CCC(=O)c2cc(C)ccc2C)cc1. The fourth-order valence-corrected chi connectivity index (χ4v) is 2.69. The number of carbonyl (C=O) groups is 3. The standard InChI is InChI=1S/C22H24O5/c1-14-5-6-15(2)19(13-14)20(23)11-12-21(24)27-16(3)22(25)17-7-9-18(26-4)10-8-17/h5-10,13,16H,11-12H2,1-4H3/t16-/m0/s1. The summed E-state index contributed by atoms with van der Waals surface area (Å²) in [6, 6.07) is 12.2. The zero-order valence-electron chi connectivity index (χ0n) is 16.1. The summed E-state index contributed by atoms with van der Waals surface area (Å²) in [5.41, 5.74) is 2.92. The number of ether oxygens (including phenoxy) is 2. The van der Waals surface area contributed by atoms with Crippen LogP contribution in [0.15, 0.2) is 42.5 Å². The third kappa shape index (κ3) is 5.51. The molecular weight excluding hydrogens is 344 g/mol. The van der Waals surface area contributed by atoms with Crippen molar-refractivity contribution in [2.24, 2.45) is 0 Å². The van der Waals surface area contributed by atoms with Crippen molar-refractivity contribution in [1.29, 1.82) is 0 Å².